The van der Waals surface area contributed by atoms with Crippen molar-refractivity contribution in [3.05, 3.63) is 35.9 Å². The molecule has 0 aliphatic heterocycles. The number of carbonyl (C=O) groups is 2. The Morgan fingerprint density at radius 3 is 2.29 bits per heavy atom. The highest BCUT2D eigenvalue weighted by molar-refractivity contribution is 5.90. The summed E-state index contributed by atoms with van der Waals surface area (Å²) >= 11 is 0. The van der Waals surface area contributed by atoms with Gasteiger partial charge in [0.15, 0.2) is 0 Å². The fraction of sp³-hybridized carbons (Fsp3) is 0.333. The molecule has 1 aromatic rings. The van der Waals surface area contributed by atoms with Crippen molar-refractivity contribution in [1.29, 1.82) is 0 Å². The zero-order chi connectivity index (χ0) is 13.1. The number of carbonyl (C=O) groups excluding carboxylic acids is 2. The Kier molecular flexibility index (Phi) is 3.85. The van der Waals surface area contributed by atoms with Crippen molar-refractivity contribution in [2.75, 3.05) is 13.6 Å². The highest BCUT2D eigenvalue weighted by Gasteiger charge is 2.33. The molecule has 0 radical (unpaired) electrons. The summed E-state index contributed by atoms with van der Waals surface area (Å²) in [5.74, 6) is -0.910. The van der Waals surface area contributed by atoms with Crippen LogP contribution in [-0.4, -0.2) is 30.3 Å². The first-order chi connectivity index (χ1) is 7.85. The smallest absolute Gasteiger partial charge is 0.247 e. The SMILES string of the molecule is CN(CC(N)=O)C(=O)C(C)(N)c1ccccc1. The van der Waals surface area contributed by atoms with Gasteiger partial charge in [-0.3, -0.25) is 9.59 Å². The fourth-order valence-corrected chi connectivity index (χ4v) is 1.61. The van der Waals surface area contributed by atoms with Crippen LogP contribution in [0.4, 0.5) is 0 Å². The van der Waals surface area contributed by atoms with Crippen LogP contribution in [0.3, 0.4) is 0 Å². The molecule has 17 heavy (non-hydrogen) atoms. The van der Waals surface area contributed by atoms with E-state index in [-0.39, 0.29) is 12.5 Å². The van der Waals surface area contributed by atoms with Gasteiger partial charge in [0.05, 0.1) is 6.54 Å². The van der Waals surface area contributed by atoms with Crippen LogP contribution in [0.1, 0.15) is 12.5 Å². The minimum atomic E-state index is -1.16. The summed E-state index contributed by atoms with van der Waals surface area (Å²) in [6.45, 7) is 1.47. The van der Waals surface area contributed by atoms with Gasteiger partial charge in [-0.1, -0.05) is 30.3 Å². The van der Waals surface area contributed by atoms with E-state index in [0.29, 0.717) is 5.56 Å². The van der Waals surface area contributed by atoms with E-state index in [4.69, 9.17) is 11.5 Å². The maximum atomic E-state index is 12.1. The number of rotatable bonds is 4. The Morgan fingerprint density at radius 2 is 1.82 bits per heavy atom. The molecule has 0 aromatic heterocycles. The van der Waals surface area contributed by atoms with Gasteiger partial charge in [-0.2, -0.15) is 0 Å². The van der Waals surface area contributed by atoms with Crippen molar-refractivity contribution in [2.24, 2.45) is 11.5 Å². The molecule has 4 N–H and O–H groups in total. The Morgan fingerprint density at radius 1 is 1.29 bits per heavy atom. The second-order valence-corrected chi connectivity index (χ2v) is 4.20. The lowest BCUT2D eigenvalue weighted by atomic mass is 9.92. The lowest BCUT2D eigenvalue weighted by Gasteiger charge is -2.28. The van der Waals surface area contributed by atoms with Crippen LogP contribution in [0.5, 0.6) is 0 Å². The molecule has 0 heterocycles. The van der Waals surface area contributed by atoms with Crippen LogP contribution >= 0.6 is 0 Å². The first-order valence-corrected chi connectivity index (χ1v) is 5.24. The minimum Gasteiger partial charge on any atom is -0.368 e. The molecule has 1 aromatic carbocycles. The van der Waals surface area contributed by atoms with Crippen molar-refractivity contribution in [3.8, 4) is 0 Å². The summed E-state index contributed by atoms with van der Waals surface area (Å²) in [7, 11) is 1.50. The molecule has 0 fully saturated rings. The number of amides is 2. The number of primary amides is 1. The molecule has 0 saturated carbocycles. The van der Waals surface area contributed by atoms with E-state index in [2.05, 4.69) is 0 Å². The van der Waals surface area contributed by atoms with E-state index >= 15 is 0 Å². The van der Waals surface area contributed by atoms with E-state index < -0.39 is 11.4 Å². The second-order valence-electron chi connectivity index (χ2n) is 4.20. The minimum absolute atomic E-state index is 0.140. The lowest BCUT2D eigenvalue weighted by molar-refractivity contribution is -0.138. The van der Waals surface area contributed by atoms with Crippen molar-refractivity contribution in [1.82, 2.24) is 4.90 Å². The largest absolute Gasteiger partial charge is 0.368 e. The number of hydrogen-bond acceptors (Lipinski definition) is 3. The van der Waals surface area contributed by atoms with Gasteiger partial charge in [0.2, 0.25) is 11.8 Å². The van der Waals surface area contributed by atoms with Gasteiger partial charge in [0.25, 0.3) is 0 Å². The maximum absolute atomic E-state index is 12.1. The van der Waals surface area contributed by atoms with E-state index in [0.717, 1.165) is 0 Å². The fourth-order valence-electron chi connectivity index (χ4n) is 1.61. The normalized spacial score (nSPS) is 13.8. The Hall–Kier alpha value is -1.88. The van der Waals surface area contributed by atoms with E-state index in [9.17, 15) is 9.59 Å². The average molecular weight is 235 g/mol. The topological polar surface area (TPSA) is 89.4 Å². The third-order valence-corrected chi connectivity index (χ3v) is 2.56. The number of nitrogens with zero attached hydrogens (tertiary/aromatic N) is 1. The van der Waals surface area contributed by atoms with Crippen LogP contribution in [0, 0.1) is 0 Å². The van der Waals surface area contributed by atoms with Gasteiger partial charge >= 0.3 is 0 Å². The summed E-state index contributed by atoms with van der Waals surface area (Å²) in [5, 5.41) is 0. The van der Waals surface area contributed by atoms with Gasteiger partial charge < -0.3 is 16.4 Å². The number of nitrogens with two attached hydrogens (primary N) is 2. The number of hydrogen-bond donors (Lipinski definition) is 2. The average Bonchev–Trinajstić information content (AvgIpc) is 2.28. The zero-order valence-electron chi connectivity index (χ0n) is 10.0. The summed E-state index contributed by atoms with van der Waals surface area (Å²) in [4.78, 5) is 24.1. The Labute approximate surface area is 100 Å². The van der Waals surface area contributed by atoms with Crippen molar-refractivity contribution in [3.63, 3.8) is 0 Å². The molecule has 0 spiro atoms. The van der Waals surface area contributed by atoms with Crippen molar-refractivity contribution < 1.29 is 9.59 Å². The summed E-state index contributed by atoms with van der Waals surface area (Å²) in [6, 6.07) is 9.01. The highest BCUT2D eigenvalue weighted by Crippen LogP contribution is 2.19. The quantitative estimate of drug-likeness (QED) is 0.757. The van der Waals surface area contributed by atoms with Gasteiger partial charge in [0.1, 0.15) is 5.54 Å². The van der Waals surface area contributed by atoms with E-state index in [1.807, 2.05) is 18.2 Å². The molecular formula is C12H17N3O2. The van der Waals surface area contributed by atoms with Gasteiger partial charge in [-0.05, 0) is 12.5 Å². The molecule has 0 aliphatic carbocycles. The van der Waals surface area contributed by atoms with Crippen molar-refractivity contribution in [2.45, 2.75) is 12.5 Å². The molecule has 5 heteroatoms. The molecule has 1 atom stereocenters. The van der Waals surface area contributed by atoms with Crippen LogP contribution < -0.4 is 11.5 Å². The lowest BCUT2D eigenvalue weighted by Crippen LogP contribution is -2.51. The third-order valence-electron chi connectivity index (χ3n) is 2.56. The standard InChI is InChI=1S/C12H17N3O2/c1-12(14,9-6-4-3-5-7-9)11(17)15(2)8-10(13)16/h3-7H,8,14H2,1-2H3,(H2,13,16). The second kappa shape index (κ2) is 4.97. The molecule has 1 unspecified atom stereocenters. The zero-order valence-corrected chi connectivity index (χ0v) is 10.0. The molecule has 92 valence electrons. The third kappa shape index (κ3) is 3.04. The Balaban J connectivity index is 2.91. The monoisotopic (exact) mass is 235 g/mol. The summed E-state index contributed by atoms with van der Waals surface area (Å²) in [5.41, 5.74) is 10.6. The number of likely N-dealkylation sites (N-methyl/N-ethyl adjacent to an activating group) is 1. The van der Waals surface area contributed by atoms with Crippen molar-refractivity contribution >= 4 is 11.8 Å². The molecular weight excluding hydrogens is 218 g/mol. The summed E-state index contributed by atoms with van der Waals surface area (Å²) in [6.07, 6.45) is 0. The van der Waals surface area contributed by atoms with Gasteiger partial charge in [0, 0.05) is 7.05 Å². The predicted molar refractivity (Wildman–Crippen MR) is 64.8 cm³/mol. The number of benzene rings is 1. The van der Waals surface area contributed by atoms with Crippen LogP contribution in [0.2, 0.25) is 0 Å². The van der Waals surface area contributed by atoms with Crippen LogP contribution in [0.15, 0.2) is 30.3 Å². The molecule has 0 aliphatic rings. The maximum Gasteiger partial charge on any atom is 0.247 e. The first kappa shape index (κ1) is 13.2. The predicted octanol–water partition coefficient (Wildman–Crippen LogP) is -0.196. The summed E-state index contributed by atoms with van der Waals surface area (Å²) < 4.78 is 0. The molecule has 2 amide bonds. The van der Waals surface area contributed by atoms with E-state index in [1.54, 1.807) is 19.1 Å². The highest BCUT2D eigenvalue weighted by atomic mass is 16.2. The first-order valence-electron chi connectivity index (χ1n) is 5.24. The van der Waals surface area contributed by atoms with E-state index in [1.165, 1.54) is 11.9 Å². The molecule has 5 nitrogen and oxygen atoms in total. The molecule has 1 rings (SSSR count). The van der Waals surface area contributed by atoms with Crippen LogP contribution in [0.25, 0.3) is 0 Å². The molecule has 0 bridgehead atoms. The molecule has 0 saturated heterocycles. The van der Waals surface area contributed by atoms with Gasteiger partial charge in [-0.15, -0.1) is 0 Å². The Bertz CT molecular complexity index is 415. The van der Waals surface area contributed by atoms with Gasteiger partial charge in [-0.25, -0.2) is 0 Å². The van der Waals surface area contributed by atoms with Crippen LogP contribution in [-0.2, 0) is 15.1 Å².